The Morgan fingerprint density at radius 1 is 0.418 bits per heavy atom. The standard InChI is InChI=1S/C43H77NO11/c1-3-5-7-8-9-10-11-12-13-14-15-16-17-18-42(45)54-38-36-52-34-32-50-30-28-48-26-24-47-25-27-49-29-31-51-33-35-53-37-39-55-43(46)40-19-21-41(22-20-40)44-23-6-4-2/h19-22,44H,3-18,23-39H2,1-2H3. The largest absolute Gasteiger partial charge is 0.463 e. The maximum absolute atomic E-state index is 12.1. The van der Waals surface area contributed by atoms with E-state index in [0.29, 0.717) is 104 Å². The zero-order chi connectivity index (χ0) is 39.5. The molecule has 0 aliphatic rings. The zero-order valence-electron chi connectivity index (χ0n) is 34.6. The van der Waals surface area contributed by atoms with Crippen molar-refractivity contribution in [1.29, 1.82) is 0 Å². The number of carbonyl (C=O) groups is 2. The van der Waals surface area contributed by atoms with Crippen molar-refractivity contribution in [2.45, 2.75) is 117 Å². The second-order valence-corrected chi connectivity index (χ2v) is 13.5. The number of ether oxygens (including phenoxy) is 9. The molecule has 0 aliphatic carbocycles. The molecule has 0 unspecified atom stereocenters. The Balaban J connectivity index is 1.70. The molecule has 0 atom stereocenters. The number of unbranched alkanes of at least 4 members (excludes halogenated alkanes) is 13. The van der Waals surface area contributed by atoms with Gasteiger partial charge in [0, 0.05) is 18.7 Å². The molecule has 0 bridgehead atoms. The highest BCUT2D eigenvalue weighted by Gasteiger charge is 2.07. The number of rotatable bonds is 43. The first-order chi connectivity index (χ1) is 27.2. The zero-order valence-corrected chi connectivity index (χ0v) is 34.6. The van der Waals surface area contributed by atoms with E-state index >= 15 is 0 Å². The summed E-state index contributed by atoms with van der Waals surface area (Å²) < 4.78 is 48.9. The molecule has 0 aliphatic heterocycles. The topological polar surface area (TPSA) is 129 Å². The summed E-state index contributed by atoms with van der Waals surface area (Å²) in [7, 11) is 0. The molecule has 0 amide bonds. The summed E-state index contributed by atoms with van der Waals surface area (Å²) in [6.45, 7) is 12.1. The third kappa shape index (κ3) is 35.8. The van der Waals surface area contributed by atoms with Crippen LogP contribution in [0.4, 0.5) is 5.69 Å². The van der Waals surface area contributed by atoms with Crippen LogP contribution < -0.4 is 5.32 Å². The Morgan fingerprint density at radius 3 is 1.16 bits per heavy atom. The fourth-order valence-electron chi connectivity index (χ4n) is 5.41. The van der Waals surface area contributed by atoms with Crippen molar-refractivity contribution in [2.75, 3.05) is 118 Å². The molecule has 0 aromatic heterocycles. The van der Waals surface area contributed by atoms with Gasteiger partial charge >= 0.3 is 11.9 Å². The fourth-order valence-corrected chi connectivity index (χ4v) is 5.41. The van der Waals surface area contributed by atoms with Gasteiger partial charge in [-0.2, -0.15) is 0 Å². The summed E-state index contributed by atoms with van der Waals surface area (Å²) in [5.41, 5.74) is 1.51. The van der Waals surface area contributed by atoms with Crippen molar-refractivity contribution in [2.24, 2.45) is 0 Å². The van der Waals surface area contributed by atoms with Gasteiger partial charge in [0.25, 0.3) is 0 Å². The van der Waals surface area contributed by atoms with Gasteiger partial charge in [0.05, 0.1) is 98.1 Å². The molecule has 12 heteroatoms. The normalized spacial score (nSPS) is 11.2. The molecule has 1 aromatic rings. The molecule has 0 saturated carbocycles. The van der Waals surface area contributed by atoms with E-state index in [1.165, 1.54) is 70.6 Å². The highest BCUT2D eigenvalue weighted by molar-refractivity contribution is 5.89. The van der Waals surface area contributed by atoms with E-state index in [4.69, 9.17) is 42.6 Å². The number of carbonyl (C=O) groups excluding carboxylic acids is 2. The lowest BCUT2D eigenvalue weighted by atomic mass is 10.0. The lowest BCUT2D eigenvalue weighted by Crippen LogP contribution is -2.15. The summed E-state index contributed by atoms with van der Waals surface area (Å²) in [4.78, 5) is 24.0. The van der Waals surface area contributed by atoms with Gasteiger partial charge in [-0.3, -0.25) is 4.79 Å². The monoisotopic (exact) mass is 784 g/mol. The van der Waals surface area contributed by atoms with Crippen LogP contribution >= 0.6 is 0 Å². The van der Waals surface area contributed by atoms with Crippen molar-refractivity contribution in [3.63, 3.8) is 0 Å². The molecular formula is C43H77NO11. The van der Waals surface area contributed by atoms with Crippen LogP contribution in [0.5, 0.6) is 0 Å². The van der Waals surface area contributed by atoms with Crippen molar-refractivity contribution < 1.29 is 52.2 Å². The molecule has 1 N–H and O–H groups in total. The Kier molecular flexibility index (Phi) is 38.1. The summed E-state index contributed by atoms with van der Waals surface area (Å²) >= 11 is 0. The minimum Gasteiger partial charge on any atom is -0.463 e. The van der Waals surface area contributed by atoms with Crippen LogP contribution in [0.15, 0.2) is 24.3 Å². The quantitative estimate of drug-likeness (QED) is 0.0507. The maximum Gasteiger partial charge on any atom is 0.338 e. The lowest BCUT2D eigenvalue weighted by Gasteiger charge is -2.09. The average molecular weight is 784 g/mol. The van der Waals surface area contributed by atoms with Crippen molar-refractivity contribution in [3.05, 3.63) is 29.8 Å². The fraction of sp³-hybridized carbons (Fsp3) is 0.814. The molecular weight excluding hydrogens is 706 g/mol. The minimum atomic E-state index is -0.361. The van der Waals surface area contributed by atoms with Gasteiger partial charge in [0.15, 0.2) is 0 Å². The highest BCUT2D eigenvalue weighted by atomic mass is 16.6. The van der Waals surface area contributed by atoms with Crippen LogP contribution in [-0.4, -0.2) is 124 Å². The van der Waals surface area contributed by atoms with E-state index in [1.807, 2.05) is 12.1 Å². The first kappa shape index (κ1) is 50.7. The SMILES string of the molecule is CCCCCCCCCCCCCCCC(=O)OCCOCCOCCOCCOCCOCCOCCOCCOC(=O)c1ccc(NCCCC)cc1. The number of hydrogen-bond acceptors (Lipinski definition) is 12. The molecule has 1 aromatic carbocycles. The van der Waals surface area contributed by atoms with Crippen LogP contribution in [0.1, 0.15) is 127 Å². The van der Waals surface area contributed by atoms with E-state index in [1.54, 1.807) is 12.1 Å². The first-order valence-corrected chi connectivity index (χ1v) is 21.4. The average Bonchev–Trinajstić information content (AvgIpc) is 3.20. The second kappa shape index (κ2) is 41.3. The number of esters is 2. The lowest BCUT2D eigenvalue weighted by molar-refractivity contribution is -0.145. The van der Waals surface area contributed by atoms with E-state index in [0.717, 1.165) is 37.9 Å². The summed E-state index contributed by atoms with van der Waals surface area (Å²) in [5.74, 6) is -0.497. The van der Waals surface area contributed by atoms with Crippen LogP contribution in [0, 0.1) is 0 Å². The van der Waals surface area contributed by atoms with E-state index in [9.17, 15) is 9.59 Å². The van der Waals surface area contributed by atoms with Crippen molar-refractivity contribution >= 4 is 17.6 Å². The Hall–Kier alpha value is -2.32. The molecule has 0 spiro atoms. The summed E-state index contributed by atoms with van der Waals surface area (Å²) in [5, 5.41) is 3.32. The van der Waals surface area contributed by atoms with E-state index < -0.39 is 0 Å². The third-order valence-electron chi connectivity index (χ3n) is 8.65. The Bertz CT molecular complexity index is 966. The van der Waals surface area contributed by atoms with Crippen LogP contribution in [0.25, 0.3) is 0 Å². The van der Waals surface area contributed by atoms with Gasteiger partial charge < -0.3 is 47.9 Å². The molecule has 1 rings (SSSR count). The molecule has 0 heterocycles. The number of hydrogen-bond donors (Lipinski definition) is 1. The van der Waals surface area contributed by atoms with Crippen LogP contribution in [-0.2, 0) is 47.4 Å². The third-order valence-corrected chi connectivity index (χ3v) is 8.65. The number of nitrogens with one attached hydrogen (secondary N) is 1. The maximum atomic E-state index is 12.1. The van der Waals surface area contributed by atoms with Gasteiger partial charge in [-0.1, -0.05) is 97.3 Å². The predicted molar refractivity (Wildman–Crippen MR) is 217 cm³/mol. The van der Waals surface area contributed by atoms with Crippen molar-refractivity contribution in [1.82, 2.24) is 0 Å². The number of anilines is 1. The second-order valence-electron chi connectivity index (χ2n) is 13.5. The van der Waals surface area contributed by atoms with Gasteiger partial charge in [-0.25, -0.2) is 4.79 Å². The summed E-state index contributed by atoms with van der Waals surface area (Å²) in [6, 6.07) is 7.29. The van der Waals surface area contributed by atoms with Gasteiger partial charge in [-0.05, 0) is 37.1 Å². The van der Waals surface area contributed by atoms with Gasteiger partial charge in [0.2, 0.25) is 0 Å². The molecule has 320 valence electrons. The molecule has 0 saturated heterocycles. The predicted octanol–water partition coefficient (Wildman–Crippen LogP) is 8.20. The van der Waals surface area contributed by atoms with E-state index in [-0.39, 0.29) is 25.2 Å². The Morgan fingerprint density at radius 2 is 0.764 bits per heavy atom. The first-order valence-electron chi connectivity index (χ1n) is 21.4. The molecule has 0 radical (unpaired) electrons. The molecule has 55 heavy (non-hydrogen) atoms. The smallest absolute Gasteiger partial charge is 0.338 e. The van der Waals surface area contributed by atoms with Crippen LogP contribution in [0.2, 0.25) is 0 Å². The van der Waals surface area contributed by atoms with Gasteiger partial charge in [-0.15, -0.1) is 0 Å². The Labute approximate surface area is 333 Å². The molecule has 12 nitrogen and oxygen atoms in total. The van der Waals surface area contributed by atoms with Crippen LogP contribution in [0.3, 0.4) is 0 Å². The van der Waals surface area contributed by atoms with Crippen molar-refractivity contribution in [3.8, 4) is 0 Å². The summed E-state index contributed by atoms with van der Waals surface area (Å²) in [6.07, 6.45) is 19.5. The van der Waals surface area contributed by atoms with Gasteiger partial charge in [0.1, 0.15) is 13.2 Å². The molecule has 0 fully saturated rings. The minimum absolute atomic E-state index is 0.136. The highest BCUT2D eigenvalue weighted by Crippen LogP contribution is 2.13. The number of benzene rings is 1. The van der Waals surface area contributed by atoms with E-state index in [2.05, 4.69) is 19.2 Å².